The molecule has 1 atom stereocenters. The molecule has 124 valence electrons. The summed E-state index contributed by atoms with van der Waals surface area (Å²) in [5, 5.41) is 5.09. The zero-order valence-corrected chi connectivity index (χ0v) is 14.2. The van der Waals surface area contributed by atoms with Gasteiger partial charge in [0.2, 0.25) is 0 Å². The Bertz CT molecular complexity index is 478. The number of thiazole rings is 1. The molecule has 7 heteroatoms. The first-order chi connectivity index (χ1) is 10.4. The molecular formula is C15H24N2O4S. The van der Waals surface area contributed by atoms with Gasteiger partial charge in [0.15, 0.2) is 11.4 Å². The van der Waals surface area contributed by atoms with Crippen molar-refractivity contribution in [2.75, 3.05) is 18.5 Å². The third kappa shape index (κ3) is 6.29. The van der Waals surface area contributed by atoms with Gasteiger partial charge in [-0.05, 0) is 40.0 Å². The van der Waals surface area contributed by atoms with Crippen LogP contribution in [0, 0.1) is 0 Å². The molecular weight excluding hydrogens is 304 g/mol. The van der Waals surface area contributed by atoms with Gasteiger partial charge < -0.3 is 14.2 Å². The van der Waals surface area contributed by atoms with Crippen LogP contribution in [0.3, 0.4) is 0 Å². The average molecular weight is 328 g/mol. The molecule has 1 aliphatic rings. The maximum absolute atomic E-state index is 11.7. The normalized spacial score (nSPS) is 19.0. The Morgan fingerprint density at radius 1 is 1.50 bits per heavy atom. The van der Waals surface area contributed by atoms with Crippen LogP contribution in [0.15, 0.2) is 5.38 Å². The maximum Gasteiger partial charge on any atom is 0.413 e. The molecule has 1 aromatic rings. The van der Waals surface area contributed by atoms with Crippen LogP contribution in [0.1, 0.15) is 45.7 Å². The van der Waals surface area contributed by atoms with Crippen LogP contribution in [-0.4, -0.2) is 36.2 Å². The molecule has 0 bridgehead atoms. The molecule has 1 aliphatic heterocycles. The minimum absolute atomic E-state index is 0.0771. The van der Waals surface area contributed by atoms with Crippen molar-refractivity contribution in [1.29, 1.82) is 0 Å². The summed E-state index contributed by atoms with van der Waals surface area (Å²) in [5.41, 5.74) is 0.379. The number of amides is 1. The summed E-state index contributed by atoms with van der Waals surface area (Å²) in [6.07, 6.45) is 3.37. The van der Waals surface area contributed by atoms with E-state index in [1.54, 1.807) is 0 Å². The Balaban J connectivity index is 1.70. The molecule has 0 radical (unpaired) electrons. The summed E-state index contributed by atoms with van der Waals surface area (Å²) in [4.78, 5) is 16.0. The molecule has 0 spiro atoms. The van der Waals surface area contributed by atoms with Crippen LogP contribution < -0.4 is 5.32 Å². The molecule has 22 heavy (non-hydrogen) atoms. The van der Waals surface area contributed by atoms with E-state index in [4.69, 9.17) is 14.2 Å². The van der Waals surface area contributed by atoms with Gasteiger partial charge in [-0.3, -0.25) is 5.32 Å². The zero-order valence-electron chi connectivity index (χ0n) is 13.4. The van der Waals surface area contributed by atoms with Gasteiger partial charge in [-0.2, -0.15) is 0 Å². The fourth-order valence-electron chi connectivity index (χ4n) is 2.01. The summed E-state index contributed by atoms with van der Waals surface area (Å²) in [5.74, 6) is 0. The Morgan fingerprint density at radius 2 is 2.32 bits per heavy atom. The second-order valence-electron chi connectivity index (χ2n) is 6.19. The fourth-order valence-corrected chi connectivity index (χ4v) is 2.74. The van der Waals surface area contributed by atoms with Crippen LogP contribution in [0.4, 0.5) is 9.93 Å². The summed E-state index contributed by atoms with van der Waals surface area (Å²) < 4.78 is 16.4. The van der Waals surface area contributed by atoms with E-state index in [-0.39, 0.29) is 6.29 Å². The number of aromatic nitrogens is 1. The quantitative estimate of drug-likeness (QED) is 0.894. The molecule has 1 saturated heterocycles. The molecule has 1 amide bonds. The first-order valence-electron chi connectivity index (χ1n) is 7.60. The third-order valence-corrected chi connectivity index (χ3v) is 3.77. The van der Waals surface area contributed by atoms with Crippen molar-refractivity contribution in [3.63, 3.8) is 0 Å². The summed E-state index contributed by atoms with van der Waals surface area (Å²) in [6, 6.07) is 0. The van der Waals surface area contributed by atoms with Crippen molar-refractivity contribution in [2.45, 2.75) is 58.3 Å². The lowest BCUT2D eigenvalue weighted by Gasteiger charge is -2.22. The van der Waals surface area contributed by atoms with Crippen LogP contribution in [0.25, 0.3) is 0 Å². The molecule has 1 unspecified atom stereocenters. The number of nitrogens with zero attached hydrogens (tertiary/aromatic N) is 1. The van der Waals surface area contributed by atoms with Crippen molar-refractivity contribution in [3.05, 3.63) is 11.1 Å². The van der Waals surface area contributed by atoms with Crippen molar-refractivity contribution in [1.82, 2.24) is 4.98 Å². The Morgan fingerprint density at radius 3 is 3.00 bits per heavy atom. The molecule has 2 rings (SSSR count). The monoisotopic (exact) mass is 328 g/mol. The molecule has 0 saturated carbocycles. The van der Waals surface area contributed by atoms with E-state index in [9.17, 15) is 4.79 Å². The number of hydrogen-bond donors (Lipinski definition) is 1. The number of ether oxygens (including phenoxy) is 3. The van der Waals surface area contributed by atoms with E-state index in [2.05, 4.69) is 10.3 Å². The van der Waals surface area contributed by atoms with E-state index < -0.39 is 11.7 Å². The lowest BCUT2D eigenvalue weighted by atomic mass is 10.2. The second kappa shape index (κ2) is 7.89. The number of hydrogen-bond acceptors (Lipinski definition) is 6. The molecule has 1 fully saturated rings. The fraction of sp³-hybridized carbons (Fsp3) is 0.733. The van der Waals surface area contributed by atoms with Gasteiger partial charge in [0.25, 0.3) is 0 Å². The van der Waals surface area contributed by atoms with E-state index in [0.717, 1.165) is 31.6 Å². The van der Waals surface area contributed by atoms with Crippen molar-refractivity contribution >= 4 is 22.6 Å². The summed E-state index contributed by atoms with van der Waals surface area (Å²) >= 11 is 1.38. The highest BCUT2D eigenvalue weighted by atomic mass is 32.1. The lowest BCUT2D eigenvalue weighted by Crippen LogP contribution is -2.27. The van der Waals surface area contributed by atoms with Gasteiger partial charge >= 0.3 is 6.09 Å². The van der Waals surface area contributed by atoms with Gasteiger partial charge in [-0.25, -0.2) is 9.78 Å². The van der Waals surface area contributed by atoms with Crippen molar-refractivity contribution in [3.8, 4) is 0 Å². The maximum atomic E-state index is 11.7. The van der Waals surface area contributed by atoms with Crippen molar-refractivity contribution < 1.29 is 19.0 Å². The largest absolute Gasteiger partial charge is 0.444 e. The molecule has 0 aliphatic carbocycles. The predicted molar refractivity (Wildman–Crippen MR) is 85.2 cm³/mol. The van der Waals surface area contributed by atoms with Gasteiger partial charge in [0.1, 0.15) is 5.60 Å². The highest BCUT2D eigenvalue weighted by Crippen LogP contribution is 2.18. The highest BCUT2D eigenvalue weighted by Gasteiger charge is 2.17. The Hall–Kier alpha value is -1.18. The molecule has 6 nitrogen and oxygen atoms in total. The van der Waals surface area contributed by atoms with Crippen LogP contribution >= 0.6 is 11.3 Å². The van der Waals surface area contributed by atoms with Gasteiger partial charge in [-0.1, -0.05) is 0 Å². The average Bonchev–Trinajstić information content (AvgIpc) is 2.85. The van der Waals surface area contributed by atoms with Gasteiger partial charge in [-0.15, -0.1) is 11.3 Å². The van der Waals surface area contributed by atoms with Crippen LogP contribution in [-0.2, 0) is 20.6 Å². The number of anilines is 1. The predicted octanol–water partition coefficient (Wildman–Crippen LogP) is 3.58. The van der Waals surface area contributed by atoms with E-state index >= 15 is 0 Å². The standard InChI is InChI=1S/C15H24N2O4S/c1-15(2,3)21-14(18)17-13-16-11(10-22-13)7-9-20-12-6-4-5-8-19-12/h10,12H,4-9H2,1-3H3,(H,16,17,18). The summed E-state index contributed by atoms with van der Waals surface area (Å²) in [7, 11) is 0. The smallest absolute Gasteiger partial charge is 0.413 e. The third-order valence-electron chi connectivity index (χ3n) is 2.96. The molecule has 0 aromatic carbocycles. The first kappa shape index (κ1) is 17.2. The van der Waals surface area contributed by atoms with Gasteiger partial charge in [0, 0.05) is 18.4 Å². The Kier molecular flexibility index (Phi) is 6.16. The highest BCUT2D eigenvalue weighted by molar-refractivity contribution is 7.13. The minimum atomic E-state index is -0.516. The van der Waals surface area contributed by atoms with Crippen LogP contribution in [0.2, 0.25) is 0 Å². The topological polar surface area (TPSA) is 69.7 Å². The second-order valence-corrected chi connectivity index (χ2v) is 7.05. The molecule has 1 N–H and O–H groups in total. The Labute approximate surface area is 135 Å². The van der Waals surface area contributed by atoms with E-state index in [1.165, 1.54) is 11.3 Å². The molecule has 1 aromatic heterocycles. The summed E-state index contributed by atoms with van der Waals surface area (Å²) in [6.45, 7) is 6.82. The first-order valence-corrected chi connectivity index (χ1v) is 8.48. The molecule has 2 heterocycles. The number of nitrogens with one attached hydrogen (secondary N) is 1. The SMILES string of the molecule is CC(C)(C)OC(=O)Nc1nc(CCOC2CCCCO2)cs1. The number of rotatable bonds is 5. The number of carbonyl (C=O) groups excluding carboxylic acids is 1. The van der Waals surface area contributed by atoms with Crippen LogP contribution in [0.5, 0.6) is 0 Å². The minimum Gasteiger partial charge on any atom is -0.444 e. The van der Waals surface area contributed by atoms with Crippen molar-refractivity contribution in [2.24, 2.45) is 0 Å². The van der Waals surface area contributed by atoms with E-state index in [1.807, 2.05) is 26.2 Å². The number of carbonyl (C=O) groups is 1. The van der Waals surface area contributed by atoms with Gasteiger partial charge in [0.05, 0.1) is 12.3 Å². The van der Waals surface area contributed by atoms with E-state index in [0.29, 0.717) is 18.2 Å². The zero-order chi connectivity index (χ0) is 16.0. The lowest BCUT2D eigenvalue weighted by molar-refractivity contribution is -0.161.